The fourth-order valence-corrected chi connectivity index (χ4v) is 5.03. The van der Waals surface area contributed by atoms with Crippen LogP contribution in [0, 0.1) is 0 Å². The second-order valence-corrected chi connectivity index (χ2v) is 8.43. The maximum atomic E-state index is 12.3. The standard InChI is InChI=1S/C19H19N3O3S/c20-14-11-21-16-5-6-17-13(8-10-26(17,24)25)18(16)19(14)22-15-4-2-1-3-12(15)7-9-23/h1-6,11,23H,7-10,20H2,(H,21,22). The van der Waals surface area contributed by atoms with Gasteiger partial charge < -0.3 is 16.2 Å². The summed E-state index contributed by atoms with van der Waals surface area (Å²) in [5.41, 5.74) is 10.6. The first kappa shape index (κ1) is 16.8. The van der Waals surface area contributed by atoms with Crippen molar-refractivity contribution in [1.29, 1.82) is 0 Å². The topological polar surface area (TPSA) is 105 Å². The van der Waals surface area contributed by atoms with Gasteiger partial charge in [-0.1, -0.05) is 18.2 Å². The Balaban J connectivity index is 1.93. The molecule has 6 nitrogen and oxygen atoms in total. The van der Waals surface area contributed by atoms with Gasteiger partial charge in [0, 0.05) is 17.7 Å². The van der Waals surface area contributed by atoms with Gasteiger partial charge in [-0.2, -0.15) is 0 Å². The lowest BCUT2D eigenvalue weighted by molar-refractivity contribution is 0.300. The van der Waals surface area contributed by atoms with E-state index >= 15 is 0 Å². The molecule has 2 heterocycles. The minimum absolute atomic E-state index is 0.0406. The number of para-hydroxylation sites is 1. The average Bonchev–Trinajstić information content (AvgIpc) is 2.94. The summed E-state index contributed by atoms with van der Waals surface area (Å²) < 4.78 is 24.6. The van der Waals surface area contributed by atoms with Crippen molar-refractivity contribution in [3.05, 3.63) is 53.7 Å². The molecule has 0 aliphatic carbocycles. The molecule has 0 unspecified atom stereocenters. The highest BCUT2D eigenvalue weighted by Crippen LogP contribution is 2.39. The normalized spacial score (nSPS) is 15.1. The quantitative estimate of drug-likeness (QED) is 0.652. The van der Waals surface area contributed by atoms with Crippen molar-refractivity contribution in [2.45, 2.75) is 17.7 Å². The predicted octanol–water partition coefficient (Wildman–Crippen LogP) is 2.43. The molecule has 0 fully saturated rings. The molecule has 3 aromatic rings. The van der Waals surface area contributed by atoms with E-state index in [4.69, 9.17) is 5.73 Å². The lowest BCUT2D eigenvalue weighted by Crippen LogP contribution is -2.04. The molecule has 4 N–H and O–H groups in total. The number of nitrogens with zero attached hydrogens (tertiary/aromatic N) is 1. The Hall–Kier alpha value is -2.64. The Labute approximate surface area is 151 Å². The molecule has 0 saturated carbocycles. The van der Waals surface area contributed by atoms with Crippen LogP contribution < -0.4 is 11.1 Å². The molecular formula is C19H19N3O3S. The van der Waals surface area contributed by atoms with Crippen LogP contribution >= 0.6 is 0 Å². The summed E-state index contributed by atoms with van der Waals surface area (Å²) in [6.45, 7) is 0.0406. The molecule has 4 rings (SSSR count). The zero-order valence-corrected chi connectivity index (χ0v) is 14.9. The number of nitrogen functional groups attached to an aromatic ring is 1. The van der Waals surface area contributed by atoms with E-state index in [1.807, 2.05) is 24.3 Å². The Morgan fingerprint density at radius 1 is 1.19 bits per heavy atom. The lowest BCUT2D eigenvalue weighted by Gasteiger charge is -2.17. The fourth-order valence-electron chi connectivity index (χ4n) is 3.49. The Kier molecular flexibility index (Phi) is 4.05. The van der Waals surface area contributed by atoms with Gasteiger partial charge in [-0.05, 0) is 42.2 Å². The van der Waals surface area contributed by atoms with Crippen molar-refractivity contribution >= 4 is 37.8 Å². The third kappa shape index (κ3) is 2.69. The number of aryl methyl sites for hydroxylation is 1. The average molecular weight is 369 g/mol. The highest BCUT2D eigenvalue weighted by atomic mass is 32.2. The Morgan fingerprint density at radius 3 is 2.81 bits per heavy atom. The van der Waals surface area contributed by atoms with E-state index < -0.39 is 9.84 Å². The van der Waals surface area contributed by atoms with Crippen LogP contribution in [-0.2, 0) is 22.7 Å². The molecule has 0 bridgehead atoms. The van der Waals surface area contributed by atoms with Gasteiger partial charge in [-0.3, -0.25) is 4.98 Å². The number of sulfone groups is 1. The summed E-state index contributed by atoms with van der Waals surface area (Å²) in [5, 5.41) is 13.4. The minimum Gasteiger partial charge on any atom is -0.396 e. The number of aromatic nitrogens is 1. The van der Waals surface area contributed by atoms with Crippen molar-refractivity contribution in [2.24, 2.45) is 0 Å². The molecule has 0 saturated heterocycles. The molecule has 1 aliphatic heterocycles. The molecule has 26 heavy (non-hydrogen) atoms. The number of nitrogens with two attached hydrogens (primary N) is 1. The third-order valence-electron chi connectivity index (χ3n) is 4.74. The number of benzene rings is 2. The number of rotatable bonds is 4. The van der Waals surface area contributed by atoms with Crippen molar-refractivity contribution in [1.82, 2.24) is 4.98 Å². The van der Waals surface area contributed by atoms with Gasteiger partial charge >= 0.3 is 0 Å². The van der Waals surface area contributed by atoms with E-state index in [1.165, 1.54) is 0 Å². The molecule has 0 spiro atoms. The van der Waals surface area contributed by atoms with Gasteiger partial charge in [0.15, 0.2) is 9.84 Å². The van der Waals surface area contributed by atoms with Crippen LogP contribution in [0.15, 0.2) is 47.5 Å². The molecular weight excluding hydrogens is 350 g/mol. The lowest BCUT2D eigenvalue weighted by atomic mass is 10.0. The first-order valence-corrected chi connectivity index (χ1v) is 10.0. The van der Waals surface area contributed by atoms with E-state index in [0.29, 0.717) is 34.6 Å². The number of aliphatic hydroxyl groups is 1. The van der Waals surface area contributed by atoms with E-state index in [9.17, 15) is 13.5 Å². The zero-order valence-electron chi connectivity index (χ0n) is 14.1. The largest absolute Gasteiger partial charge is 0.396 e. The smallest absolute Gasteiger partial charge is 0.179 e. The van der Waals surface area contributed by atoms with Gasteiger partial charge in [0.05, 0.1) is 33.7 Å². The van der Waals surface area contributed by atoms with E-state index in [-0.39, 0.29) is 12.4 Å². The highest BCUT2D eigenvalue weighted by Gasteiger charge is 2.29. The molecule has 0 amide bonds. The molecule has 2 aromatic carbocycles. The summed E-state index contributed by atoms with van der Waals surface area (Å²) in [7, 11) is -3.25. The highest BCUT2D eigenvalue weighted by molar-refractivity contribution is 7.91. The van der Waals surface area contributed by atoms with Crippen LogP contribution in [0.25, 0.3) is 10.9 Å². The Bertz CT molecular complexity index is 1110. The van der Waals surface area contributed by atoms with Crippen LogP contribution in [0.4, 0.5) is 17.1 Å². The number of fused-ring (bicyclic) bond motifs is 3. The minimum atomic E-state index is -3.25. The molecule has 1 aliphatic rings. The van der Waals surface area contributed by atoms with Gasteiger partial charge in [0.1, 0.15) is 0 Å². The van der Waals surface area contributed by atoms with E-state index in [0.717, 1.165) is 22.2 Å². The van der Waals surface area contributed by atoms with Crippen LogP contribution in [0.1, 0.15) is 11.1 Å². The molecule has 134 valence electrons. The van der Waals surface area contributed by atoms with Crippen LogP contribution in [0.5, 0.6) is 0 Å². The molecule has 0 radical (unpaired) electrons. The van der Waals surface area contributed by atoms with Crippen LogP contribution in [-0.4, -0.2) is 30.9 Å². The number of aliphatic hydroxyl groups excluding tert-OH is 1. The fraction of sp³-hybridized carbons (Fsp3) is 0.211. The maximum absolute atomic E-state index is 12.3. The second-order valence-electron chi connectivity index (χ2n) is 6.35. The number of hydrogen-bond acceptors (Lipinski definition) is 6. The van der Waals surface area contributed by atoms with Gasteiger partial charge in [0.2, 0.25) is 0 Å². The third-order valence-corrected chi connectivity index (χ3v) is 6.54. The van der Waals surface area contributed by atoms with Gasteiger partial charge in [-0.15, -0.1) is 0 Å². The van der Waals surface area contributed by atoms with Crippen molar-refractivity contribution in [3.8, 4) is 0 Å². The van der Waals surface area contributed by atoms with Crippen molar-refractivity contribution < 1.29 is 13.5 Å². The number of hydrogen-bond donors (Lipinski definition) is 3. The Morgan fingerprint density at radius 2 is 2.00 bits per heavy atom. The predicted molar refractivity (Wildman–Crippen MR) is 102 cm³/mol. The summed E-state index contributed by atoms with van der Waals surface area (Å²) in [5.74, 6) is 0.108. The van der Waals surface area contributed by atoms with Crippen molar-refractivity contribution in [3.63, 3.8) is 0 Å². The summed E-state index contributed by atoms with van der Waals surface area (Å²) >= 11 is 0. The number of pyridine rings is 1. The first-order valence-electron chi connectivity index (χ1n) is 8.40. The number of anilines is 3. The van der Waals surface area contributed by atoms with E-state index in [2.05, 4.69) is 10.3 Å². The summed E-state index contributed by atoms with van der Waals surface area (Å²) in [6, 6.07) is 11.0. The van der Waals surface area contributed by atoms with Crippen LogP contribution in [0.2, 0.25) is 0 Å². The molecule has 1 aromatic heterocycles. The monoisotopic (exact) mass is 369 g/mol. The molecule has 0 atom stereocenters. The zero-order chi connectivity index (χ0) is 18.3. The van der Waals surface area contributed by atoms with Crippen LogP contribution in [0.3, 0.4) is 0 Å². The van der Waals surface area contributed by atoms with Gasteiger partial charge in [-0.25, -0.2) is 8.42 Å². The summed E-state index contributed by atoms with van der Waals surface area (Å²) in [4.78, 5) is 4.73. The van der Waals surface area contributed by atoms with Gasteiger partial charge in [0.25, 0.3) is 0 Å². The molecule has 7 heteroatoms. The van der Waals surface area contributed by atoms with Crippen molar-refractivity contribution in [2.75, 3.05) is 23.4 Å². The number of nitrogens with one attached hydrogen (secondary N) is 1. The van der Waals surface area contributed by atoms with E-state index in [1.54, 1.807) is 18.3 Å². The first-order chi connectivity index (χ1) is 12.5. The maximum Gasteiger partial charge on any atom is 0.179 e. The summed E-state index contributed by atoms with van der Waals surface area (Å²) in [6.07, 6.45) is 2.54. The second kappa shape index (κ2) is 6.26. The SMILES string of the molecule is Nc1cnc2ccc3c(c2c1Nc1ccccc1CCO)CCS3(=O)=O.